The van der Waals surface area contributed by atoms with Crippen molar-refractivity contribution in [1.82, 2.24) is 5.32 Å². The molecule has 0 aliphatic carbocycles. The predicted octanol–water partition coefficient (Wildman–Crippen LogP) is 2.64. The van der Waals surface area contributed by atoms with Gasteiger partial charge in [-0.1, -0.05) is 42.5 Å². The summed E-state index contributed by atoms with van der Waals surface area (Å²) in [6.07, 6.45) is 0. The molecule has 4 nitrogen and oxygen atoms in total. The number of hydrogen-bond donors (Lipinski definition) is 1. The molecule has 2 aromatic carbocycles. The van der Waals surface area contributed by atoms with Crippen molar-refractivity contribution >= 4 is 5.91 Å². The van der Waals surface area contributed by atoms with E-state index in [9.17, 15) is 4.79 Å². The Labute approximate surface area is 124 Å². The Kier molecular flexibility index (Phi) is 5.79. The van der Waals surface area contributed by atoms with Crippen LogP contribution in [0.25, 0.3) is 0 Å². The molecule has 0 heterocycles. The number of methoxy groups -OCH3 is 1. The van der Waals surface area contributed by atoms with Gasteiger partial charge >= 0.3 is 0 Å². The Morgan fingerprint density at radius 2 is 1.71 bits per heavy atom. The van der Waals surface area contributed by atoms with Gasteiger partial charge in [0, 0.05) is 13.7 Å². The molecular formula is C17H19NO3. The van der Waals surface area contributed by atoms with Gasteiger partial charge in [-0.05, 0) is 17.7 Å². The molecule has 0 saturated heterocycles. The van der Waals surface area contributed by atoms with Crippen LogP contribution in [-0.2, 0) is 11.3 Å². The Hall–Kier alpha value is -2.33. The molecule has 1 N–H and O–H groups in total. The molecule has 110 valence electrons. The summed E-state index contributed by atoms with van der Waals surface area (Å²) >= 11 is 0. The van der Waals surface area contributed by atoms with E-state index in [0.717, 1.165) is 5.56 Å². The van der Waals surface area contributed by atoms with E-state index >= 15 is 0 Å². The average molecular weight is 285 g/mol. The van der Waals surface area contributed by atoms with Crippen LogP contribution in [0, 0.1) is 0 Å². The first-order chi connectivity index (χ1) is 10.3. The van der Waals surface area contributed by atoms with Crippen LogP contribution < -0.4 is 10.1 Å². The third kappa shape index (κ3) is 4.61. The minimum atomic E-state index is -0.146. The fraction of sp³-hybridized carbons (Fsp3) is 0.235. The molecule has 0 bridgehead atoms. The first-order valence-electron chi connectivity index (χ1n) is 6.84. The zero-order valence-electron chi connectivity index (χ0n) is 12.0. The van der Waals surface area contributed by atoms with Crippen LogP contribution in [0.15, 0.2) is 54.6 Å². The molecule has 0 radical (unpaired) electrons. The van der Waals surface area contributed by atoms with Crippen LogP contribution in [0.5, 0.6) is 5.75 Å². The lowest BCUT2D eigenvalue weighted by atomic mass is 10.1. The highest BCUT2D eigenvalue weighted by molar-refractivity contribution is 5.96. The Morgan fingerprint density at radius 1 is 1.00 bits per heavy atom. The maximum atomic E-state index is 12.2. The number of ether oxygens (including phenoxy) is 2. The second-order valence-corrected chi connectivity index (χ2v) is 4.51. The maximum absolute atomic E-state index is 12.2. The number of carbonyl (C=O) groups is 1. The van der Waals surface area contributed by atoms with Gasteiger partial charge in [0.25, 0.3) is 5.91 Å². The van der Waals surface area contributed by atoms with Crippen LogP contribution in [0.2, 0.25) is 0 Å². The van der Waals surface area contributed by atoms with Crippen molar-refractivity contribution in [2.45, 2.75) is 6.54 Å². The SMILES string of the molecule is COCCOc1ccccc1C(=O)NCc1ccccc1. The molecule has 0 aliphatic rings. The lowest BCUT2D eigenvalue weighted by Crippen LogP contribution is -2.23. The second kappa shape index (κ2) is 8.07. The Balaban J connectivity index is 1.98. The largest absolute Gasteiger partial charge is 0.490 e. The molecule has 4 heteroatoms. The van der Waals surface area contributed by atoms with Gasteiger partial charge in [0.1, 0.15) is 12.4 Å². The van der Waals surface area contributed by atoms with E-state index < -0.39 is 0 Å². The first kappa shape index (κ1) is 15.1. The second-order valence-electron chi connectivity index (χ2n) is 4.51. The van der Waals surface area contributed by atoms with E-state index in [1.807, 2.05) is 42.5 Å². The van der Waals surface area contributed by atoms with E-state index in [1.54, 1.807) is 19.2 Å². The molecule has 0 aromatic heterocycles. The number of benzene rings is 2. The fourth-order valence-corrected chi connectivity index (χ4v) is 1.89. The molecule has 2 aromatic rings. The van der Waals surface area contributed by atoms with E-state index in [2.05, 4.69) is 5.32 Å². The van der Waals surface area contributed by atoms with Crippen molar-refractivity contribution in [1.29, 1.82) is 0 Å². The summed E-state index contributed by atoms with van der Waals surface area (Å²) in [5.41, 5.74) is 1.59. The highest BCUT2D eigenvalue weighted by Crippen LogP contribution is 2.17. The quantitative estimate of drug-likeness (QED) is 0.796. The van der Waals surface area contributed by atoms with Crippen LogP contribution in [0.1, 0.15) is 15.9 Å². The number of nitrogens with one attached hydrogen (secondary N) is 1. The number of amides is 1. The van der Waals surface area contributed by atoms with E-state index in [-0.39, 0.29) is 5.91 Å². The lowest BCUT2D eigenvalue weighted by Gasteiger charge is -2.11. The molecule has 0 fully saturated rings. The zero-order chi connectivity index (χ0) is 14.9. The summed E-state index contributed by atoms with van der Waals surface area (Å²) in [5.74, 6) is 0.423. The molecule has 0 aliphatic heterocycles. The number of hydrogen-bond acceptors (Lipinski definition) is 3. The van der Waals surface area contributed by atoms with Gasteiger partial charge in [-0.3, -0.25) is 4.79 Å². The van der Waals surface area contributed by atoms with E-state index in [4.69, 9.17) is 9.47 Å². The minimum Gasteiger partial charge on any atom is -0.490 e. The first-order valence-corrected chi connectivity index (χ1v) is 6.84. The topological polar surface area (TPSA) is 47.6 Å². The van der Waals surface area contributed by atoms with Crippen molar-refractivity contribution in [3.8, 4) is 5.75 Å². The fourth-order valence-electron chi connectivity index (χ4n) is 1.89. The molecule has 0 saturated carbocycles. The highest BCUT2D eigenvalue weighted by atomic mass is 16.5. The summed E-state index contributed by atoms with van der Waals surface area (Å²) in [4.78, 5) is 12.2. The van der Waals surface area contributed by atoms with Crippen molar-refractivity contribution < 1.29 is 14.3 Å². The summed E-state index contributed by atoms with van der Waals surface area (Å²) < 4.78 is 10.5. The summed E-state index contributed by atoms with van der Waals surface area (Å²) in [6, 6.07) is 17.0. The molecule has 0 atom stereocenters. The maximum Gasteiger partial charge on any atom is 0.255 e. The van der Waals surface area contributed by atoms with Crippen molar-refractivity contribution in [2.75, 3.05) is 20.3 Å². The van der Waals surface area contributed by atoms with Crippen LogP contribution >= 0.6 is 0 Å². The van der Waals surface area contributed by atoms with Crippen molar-refractivity contribution in [3.05, 3.63) is 65.7 Å². The predicted molar refractivity (Wildman–Crippen MR) is 81.4 cm³/mol. The van der Waals surface area contributed by atoms with Gasteiger partial charge in [-0.15, -0.1) is 0 Å². The van der Waals surface area contributed by atoms with Crippen LogP contribution in [0.4, 0.5) is 0 Å². The third-order valence-electron chi connectivity index (χ3n) is 2.97. The number of rotatable bonds is 7. The number of carbonyl (C=O) groups excluding carboxylic acids is 1. The zero-order valence-corrected chi connectivity index (χ0v) is 12.0. The minimum absolute atomic E-state index is 0.146. The van der Waals surface area contributed by atoms with Crippen molar-refractivity contribution in [2.24, 2.45) is 0 Å². The van der Waals surface area contributed by atoms with E-state index in [1.165, 1.54) is 0 Å². The molecule has 1 amide bonds. The summed E-state index contributed by atoms with van der Waals surface area (Å²) in [5, 5.41) is 2.90. The summed E-state index contributed by atoms with van der Waals surface area (Å²) in [7, 11) is 1.61. The van der Waals surface area contributed by atoms with Gasteiger partial charge in [-0.2, -0.15) is 0 Å². The molecule has 21 heavy (non-hydrogen) atoms. The van der Waals surface area contributed by atoms with Gasteiger partial charge in [0.05, 0.1) is 12.2 Å². The summed E-state index contributed by atoms with van der Waals surface area (Å²) in [6.45, 7) is 1.39. The normalized spacial score (nSPS) is 10.1. The van der Waals surface area contributed by atoms with E-state index in [0.29, 0.717) is 31.1 Å². The van der Waals surface area contributed by atoms with Gasteiger partial charge in [0.2, 0.25) is 0 Å². The number of para-hydroxylation sites is 1. The van der Waals surface area contributed by atoms with Gasteiger partial charge in [-0.25, -0.2) is 0 Å². The van der Waals surface area contributed by atoms with Crippen molar-refractivity contribution in [3.63, 3.8) is 0 Å². The smallest absolute Gasteiger partial charge is 0.255 e. The molecule has 2 rings (SSSR count). The lowest BCUT2D eigenvalue weighted by molar-refractivity contribution is 0.0943. The Bertz CT molecular complexity index is 569. The highest BCUT2D eigenvalue weighted by Gasteiger charge is 2.11. The Morgan fingerprint density at radius 3 is 2.48 bits per heavy atom. The average Bonchev–Trinajstić information content (AvgIpc) is 2.54. The van der Waals surface area contributed by atoms with Crippen LogP contribution in [-0.4, -0.2) is 26.2 Å². The molecule has 0 spiro atoms. The third-order valence-corrected chi connectivity index (χ3v) is 2.97. The molecular weight excluding hydrogens is 266 g/mol. The van der Waals surface area contributed by atoms with Gasteiger partial charge in [0.15, 0.2) is 0 Å². The monoisotopic (exact) mass is 285 g/mol. The molecule has 0 unspecified atom stereocenters. The van der Waals surface area contributed by atoms with Gasteiger partial charge < -0.3 is 14.8 Å². The van der Waals surface area contributed by atoms with Crippen LogP contribution in [0.3, 0.4) is 0 Å². The standard InChI is InChI=1S/C17H19NO3/c1-20-11-12-21-16-10-6-5-9-15(16)17(19)18-13-14-7-3-2-4-8-14/h2-10H,11-13H2,1H3,(H,18,19).